The Hall–Kier alpha value is -0.585. The summed E-state index contributed by atoms with van der Waals surface area (Å²) in [4.78, 5) is 11.3. The van der Waals surface area contributed by atoms with Gasteiger partial charge in [-0.2, -0.15) is 0 Å². The summed E-state index contributed by atoms with van der Waals surface area (Å²) in [5.41, 5.74) is -1.23. The fourth-order valence-electron chi connectivity index (χ4n) is 2.44. The van der Waals surface area contributed by atoms with E-state index in [1.54, 1.807) is 6.92 Å². The van der Waals surface area contributed by atoms with Crippen molar-refractivity contribution in [3.63, 3.8) is 0 Å². The second kappa shape index (κ2) is 4.73. The first-order valence-electron chi connectivity index (χ1n) is 5.66. The normalized spacial score (nSPS) is 34.0. The Labute approximate surface area is 96.0 Å². The van der Waals surface area contributed by atoms with Gasteiger partial charge in [-0.05, 0) is 38.0 Å². The van der Waals surface area contributed by atoms with Gasteiger partial charge >= 0.3 is 13.1 Å². The van der Waals surface area contributed by atoms with Gasteiger partial charge in [0.25, 0.3) is 0 Å². The van der Waals surface area contributed by atoms with Crippen LogP contribution in [-0.4, -0.2) is 40.3 Å². The third-order valence-electron chi connectivity index (χ3n) is 3.98. The lowest BCUT2D eigenvalue weighted by Crippen LogP contribution is -2.54. The van der Waals surface area contributed by atoms with Crippen LogP contribution < -0.4 is 5.32 Å². The predicted molar refractivity (Wildman–Crippen MR) is 61.0 cm³/mol. The van der Waals surface area contributed by atoms with Crippen LogP contribution in [0.25, 0.3) is 0 Å². The molecule has 1 rings (SSSR count). The third-order valence-corrected chi connectivity index (χ3v) is 3.98. The Morgan fingerprint density at radius 2 is 2.06 bits per heavy atom. The minimum Gasteiger partial charge on any atom is -0.480 e. The summed E-state index contributed by atoms with van der Waals surface area (Å²) in [6.45, 7) is 4.35. The molecule has 0 spiro atoms. The Bertz CT molecular complexity index is 274. The monoisotopic (exact) mass is 229 g/mol. The van der Waals surface area contributed by atoms with Crippen molar-refractivity contribution in [2.45, 2.75) is 45.0 Å². The molecule has 0 amide bonds. The summed E-state index contributed by atoms with van der Waals surface area (Å²) in [5, 5.41) is 29.8. The highest BCUT2D eigenvalue weighted by atomic mass is 16.4. The van der Waals surface area contributed by atoms with Crippen LogP contribution in [0.15, 0.2) is 0 Å². The molecule has 1 heterocycles. The predicted octanol–water partition coefficient (Wildman–Crippen LogP) is 0.0823. The molecule has 1 aliphatic rings. The van der Waals surface area contributed by atoms with Gasteiger partial charge in [0, 0.05) is 0 Å². The summed E-state index contributed by atoms with van der Waals surface area (Å²) in [6, 6.07) is 0. The zero-order valence-corrected chi connectivity index (χ0v) is 9.86. The highest BCUT2D eigenvalue weighted by molar-refractivity contribution is 6.40. The minimum absolute atomic E-state index is 0.297. The van der Waals surface area contributed by atoms with Crippen molar-refractivity contribution in [3.8, 4) is 0 Å². The number of rotatable bonds is 5. The minimum atomic E-state index is -1.30. The van der Waals surface area contributed by atoms with E-state index in [-0.39, 0.29) is 5.41 Å². The van der Waals surface area contributed by atoms with Gasteiger partial charge in [-0.3, -0.25) is 4.79 Å². The van der Waals surface area contributed by atoms with E-state index in [4.69, 9.17) is 10.0 Å². The summed E-state index contributed by atoms with van der Waals surface area (Å²) >= 11 is 0. The van der Waals surface area contributed by atoms with Gasteiger partial charge in [-0.1, -0.05) is 13.3 Å². The molecule has 0 aromatic heterocycles. The van der Waals surface area contributed by atoms with Gasteiger partial charge in [0.05, 0.1) is 0 Å². The lowest BCUT2D eigenvalue weighted by molar-refractivity contribution is -0.148. The smallest absolute Gasteiger partial charge is 0.451 e. The molecular weight excluding hydrogens is 209 g/mol. The van der Waals surface area contributed by atoms with E-state index in [9.17, 15) is 9.90 Å². The first-order chi connectivity index (χ1) is 7.32. The molecule has 0 aromatic carbocycles. The van der Waals surface area contributed by atoms with E-state index in [1.807, 2.05) is 6.92 Å². The molecule has 5 nitrogen and oxygen atoms in total. The maximum Gasteiger partial charge on any atom is 0.451 e. The van der Waals surface area contributed by atoms with Crippen LogP contribution in [0.4, 0.5) is 0 Å². The zero-order chi connectivity index (χ0) is 12.4. The van der Waals surface area contributed by atoms with Crippen molar-refractivity contribution in [3.05, 3.63) is 0 Å². The van der Waals surface area contributed by atoms with Crippen molar-refractivity contribution in [1.29, 1.82) is 0 Å². The summed E-state index contributed by atoms with van der Waals surface area (Å²) in [7, 11) is -1.30. The van der Waals surface area contributed by atoms with Gasteiger partial charge in [0.15, 0.2) is 0 Å². The standard InChI is InChI=1S/C10H20BNO4/c1-9(4-3-6-11(15)16)5-7-12-10(9,2)8(13)14/h12,15-16H,3-7H2,1-2H3,(H,13,14). The highest BCUT2D eigenvalue weighted by Gasteiger charge is 2.53. The van der Waals surface area contributed by atoms with Crippen LogP contribution in [0.2, 0.25) is 6.32 Å². The second-order valence-electron chi connectivity index (χ2n) is 5.04. The molecule has 6 heteroatoms. The average molecular weight is 229 g/mol. The molecule has 92 valence electrons. The fraction of sp³-hybridized carbons (Fsp3) is 0.900. The van der Waals surface area contributed by atoms with Crippen LogP contribution in [0.3, 0.4) is 0 Å². The number of carbonyl (C=O) groups is 1. The first-order valence-corrected chi connectivity index (χ1v) is 5.66. The maximum atomic E-state index is 11.3. The molecule has 16 heavy (non-hydrogen) atoms. The molecule has 1 fully saturated rings. The molecule has 2 atom stereocenters. The highest BCUT2D eigenvalue weighted by Crippen LogP contribution is 2.43. The molecule has 1 aliphatic heterocycles. The van der Waals surface area contributed by atoms with Gasteiger partial charge < -0.3 is 20.5 Å². The van der Waals surface area contributed by atoms with Crippen molar-refractivity contribution < 1.29 is 19.9 Å². The summed E-state index contributed by atoms with van der Waals surface area (Å²) in [5.74, 6) is -0.836. The number of hydrogen-bond donors (Lipinski definition) is 4. The maximum absolute atomic E-state index is 11.3. The van der Waals surface area contributed by atoms with E-state index in [1.165, 1.54) is 0 Å². The quantitative estimate of drug-likeness (QED) is 0.501. The lowest BCUT2D eigenvalue weighted by atomic mass is 9.68. The molecule has 0 radical (unpaired) electrons. The fourth-order valence-corrected chi connectivity index (χ4v) is 2.44. The van der Waals surface area contributed by atoms with Crippen LogP contribution >= 0.6 is 0 Å². The van der Waals surface area contributed by atoms with E-state index >= 15 is 0 Å². The SMILES string of the molecule is CC1(CCCB(O)O)CCNC1(C)C(=O)O. The first kappa shape index (κ1) is 13.5. The van der Waals surface area contributed by atoms with Crippen molar-refractivity contribution in [2.75, 3.05) is 6.54 Å². The Kier molecular flexibility index (Phi) is 3.99. The molecule has 4 N–H and O–H groups in total. The van der Waals surface area contributed by atoms with Crippen molar-refractivity contribution in [1.82, 2.24) is 5.32 Å². The summed E-state index contributed by atoms with van der Waals surface area (Å²) < 4.78 is 0. The van der Waals surface area contributed by atoms with E-state index < -0.39 is 18.6 Å². The van der Waals surface area contributed by atoms with Crippen LogP contribution in [0.5, 0.6) is 0 Å². The van der Waals surface area contributed by atoms with Gasteiger partial charge in [-0.25, -0.2) is 0 Å². The topological polar surface area (TPSA) is 89.8 Å². The third kappa shape index (κ3) is 2.39. The van der Waals surface area contributed by atoms with Crippen LogP contribution in [0, 0.1) is 5.41 Å². The summed E-state index contributed by atoms with van der Waals surface area (Å²) in [6.07, 6.45) is 2.40. The van der Waals surface area contributed by atoms with E-state index in [0.717, 1.165) is 6.42 Å². The zero-order valence-electron chi connectivity index (χ0n) is 9.86. The van der Waals surface area contributed by atoms with Crippen molar-refractivity contribution in [2.24, 2.45) is 5.41 Å². The van der Waals surface area contributed by atoms with Gasteiger partial charge in [0.2, 0.25) is 0 Å². The number of carboxylic acids is 1. The lowest BCUT2D eigenvalue weighted by Gasteiger charge is -2.37. The average Bonchev–Trinajstić information content (AvgIpc) is 2.44. The van der Waals surface area contributed by atoms with Crippen LogP contribution in [0.1, 0.15) is 33.1 Å². The Morgan fingerprint density at radius 1 is 1.44 bits per heavy atom. The molecular formula is C10H20BNO4. The molecule has 0 aromatic rings. The van der Waals surface area contributed by atoms with Crippen molar-refractivity contribution >= 4 is 13.1 Å². The second-order valence-corrected chi connectivity index (χ2v) is 5.04. The van der Waals surface area contributed by atoms with Gasteiger partial charge in [-0.15, -0.1) is 0 Å². The number of nitrogens with one attached hydrogen (secondary N) is 1. The Balaban J connectivity index is 2.64. The number of aliphatic carboxylic acids is 1. The molecule has 0 saturated carbocycles. The van der Waals surface area contributed by atoms with Gasteiger partial charge in [0.1, 0.15) is 5.54 Å². The molecule has 1 saturated heterocycles. The molecule has 2 unspecified atom stereocenters. The molecule has 0 bridgehead atoms. The van der Waals surface area contributed by atoms with E-state index in [0.29, 0.717) is 25.7 Å². The number of carboxylic acid groups (broad SMARTS) is 1. The Morgan fingerprint density at radius 3 is 2.56 bits per heavy atom. The van der Waals surface area contributed by atoms with E-state index in [2.05, 4.69) is 5.32 Å². The molecule has 0 aliphatic carbocycles. The van der Waals surface area contributed by atoms with Crippen LogP contribution in [-0.2, 0) is 4.79 Å². The number of hydrogen-bond acceptors (Lipinski definition) is 4. The largest absolute Gasteiger partial charge is 0.480 e.